The summed E-state index contributed by atoms with van der Waals surface area (Å²) in [4.78, 5) is 12.7. The molecule has 3 aromatic rings. The lowest BCUT2D eigenvalue weighted by Crippen LogP contribution is -2.24. The molecule has 8 heteroatoms. The Labute approximate surface area is 143 Å². The fourth-order valence-electron chi connectivity index (χ4n) is 2.45. The second-order valence-corrected chi connectivity index (χ2v) is 5.39. The van der Waals surface area contributed by atoms with E-state index in [9.17, 15) is 9.90 Å². The molecule has 0 saturated heterocycles. The number of aromatic nitrogens is 4. The van der Waals surface area contributed by atoms with Crippen LogP contribution in [0.15, 0.2) is 48.5 Å². The van der Waals surface area contributed by atoms with Crippen LogP contribution in [-0.2, 0) is 11.2 Å². The highest BCUT2D eigenvalue weighted by molar-refractivity contribution is 5.95. The number of carbonyl (C=O) groups is 1. The number of carbonyl (C=O) groups excluding carboxylic acids is 1. The van der Waals surface area contributed by atoms with Crippen molar-refractivity contribution < 1.29 is 14.6 Å². The van der Waals surface area contributed by atoms with E-state index in [0.717, 1.165) is 5.56 Å². The summed E-state index contributed by atoms with van der Waals surface area (Å²) in [7, 11) is 1.47. The number of anilines is 1. The highest BCUT2D eigenvalue weighted by Gasteiger charge is 2.26. The van der Waals surface area contributed by atoms with Crippen molar-refractivity contribution in [2.75, 3.05) is 12.4 Å². The zero-order valence-electron chi connectivity index (χ0n) is 13.5. The van der Waals surface area contributed by atoms with Gasteiger partial charge in [0.05, 0.1) is 7.11 Å². The maximum Gasteiger partial charge on any atom is 0.235 e. The Bertz CT molecular complexity index is 837. The minimum atomic E-state index is -0.645. The third kappa shape index (κ3) is 3.92. The van der Waals surface area contributed by atoms with Gasteiger partial charge < -0.3 is 15.2 Å². The van der Waals surface area contributed by atoms with Crippen LogP contribution < -0.4 is 10.1 Å². The van der Waals surface area contributed by atoms with E-state index in [1.807, 2.05) is 18.2 Å². The summed E-state index contributed by atoms with van der Waals surface area (Å²) in [6.45, 7) is 0. The maximum absolute atomic E-state index is 12.7. The molecule has 1 heterocycles. The van der Waals surface area contributed by atoms with Gasteiger partial charge in [-0.3, -0.25) is 4.79 Å². The topological polar surface area (TPSA) is 113 Å². The molecule has 0 aliphatic rings. The van der Waals surface area contributed by atoms with Crippen LogP contribution >= 0.6 is 0 Å². The van der Waals surface area contributed by atoms with Crippen molar-refractivity contribution in [3.63, 3.8) is 0 Å². The van der Waals surface area contributed by atoms with E-state index in [-0.39, 0.29) is 11.7 Å². The molecule has 0 spiro atoms. The molecule has 8 nitrogen and oxygen atoms in total. The zero-order chi connectivity index (χ0) is 17.6. The van der Waals surface area contributed by atoms with Gasteiger partial charge in [0, 0.05) is 5.69 Å². The first-order valence-corrected chi connectivity index (χ1v) is 7.62. The second-order valence-electron chi connectivity index (χ2n) is 5.39. The number of phenols is 1. The normalized spacial score (nSPS) is 11.7. The maximum atomic E-state index is 12.7. The Morgan fingerprint density at radius 1 is 1.28 bits per heavy atom. The molecule has 0 bridgehead atoms. The first-order chi connectivity index (χ1) is 12.2. The molecule has 3 rings (SSSR count). The Kier molecular flexibility index (Phi) is 4.89. The minimum Gasteiger partial charge on any atom is -0.504 e. The number of tetrazole rings is 1. The van der Waals surface area contributed by atoms with E-state index >= 15 is 0 Å². The predicted octanol–water partition coefficient (Wildman–Crippen LogP) is 1.88. The Morgan fingerprint density at radius 3 is 2.76 bits per heavy atom. The van der Waals surface area contributed by atoms with Crippen molar-refractivity contribution >= 4 is 11.6 Å². The largest absolute Gasteiger partial charge is 0.504 e. The van der Waals surface area contributed by atoms with E-state index in [2.05, 4.69) is 25.9 Å². The summed E-state index contributed by atoms with van der Waals surface area (Å²) in [6.07, 6.45) is 0.328. The third-order valence-corrected chi connectivity index (χ3v) is 3.72. The number of nitrogens with one attached hydrogen (secondary N) is 2. The molecule has 1 atom stereocenters. The van der Waals surface area contributed by atoms with Crippen molar-refractivity contribution in [1.29, 1.82) is 0 Å². The van der Waals surface area contributed by atoms with Crippen LogP contribution in [0.1, 0.15) is 17.3 Å². The fourth-order valence-corrected chi connectivity index (χ4v) is 2.45. The van der Waals surface area contributed by atoms with Crippen LogP contribution in [0.5, 0.6) is 11.5 Å². The quantitative estimate of drug-likeness (QED) is 0.632. The van der Waals surface area contributed by atoms with Gasteiger partial charge in [-0.05, 0) is 36.2 Å². The number of methoxy groups -OCH3 is 1. The molecule has 0 radical (unpaired) electrons. The lowest BCUT2D eigenvalue weighted by atomic mass is 9.97. The summed E-state index contributed by atoms with van der Waals surface area (Å²) >= 11 is 0. The molecule has 0 fully saturated rings. The third-order valence-electron chi connectivity index (χ3n) is 3.72. The van der Waals surface area contributed by atoms with Crippen molar-refractivity contribution in [3.05, 3.63) is 59.9 Å². The molecule has 1 aromatic heterocycles. The van der Waals surface area contributed by atoms with Gasteiger partial charge in [0.15, 0.2) is 17.3 Å². The van der Waals surface area contributed by atoms with E-state index in [1.165, 1.54) is 13.2 Å². The number of ether oxygens (including phenoxy) is 1. The van der Waals surface area contributed by atoms with Gasteiger partial charge in [0.1, 0.15) is 5.92 Å². The summed E-state index contributed by atoms with van der Waals surface area (Å²) in [6, 6.07) is 14.1. The molecule has 0 aliphatic heterocycles. The van der Waals surface area contributed by atoms with Crippen LogP contribution in [0.2, 0.25) is 0 Å². The van der Waals surface area contributed by atoms with Gasteiger partial charge in [0.2, 0.25) is 5.91 Å². The monoisotopic (exact) mass is 339 g/mol. The first kappa shape index (κ1) is 16.4. The van der Waals surface area contributed by atoms with Gasteiger partial charge in [-0.15, -0.1) is 10.2 Å². The van der Waals surface area contributed by atoms with Crippen LogP contribution in [-0.4, -0.2) is 38.7 Å². The number of phenolic OH excluding ortho intramolecular Hbond substituents is 1. The number of nitrogens with zero attached hydrogens (tertiary/aromatic N) is 3. The smallest absolute Gasteiger partial charge is 0.235 e. The number of aromatic hydroxyl groups is 1. The predicted molar refractivity (Wildman–Crippen MR) is 90.4 cm³/mol. The van der Waals surface area contributed by atoms with Gasteiger partial charge in [0.25, 0.3) is 0 Å². The van der Waals surface area contributed by atoms with Gasteiger partial charge >= 0.3 is 0 Å². The summed E-state index contributed by atoms with van der Waals surface area (Å²) < 4.78 is 5.11. The number of aromatic amines is 1. The molecule has 0 aliphatic carbocycles. The average Bonchev–Trinajstić information content (AvgIpc) is 3.16. The van der Waals surface area contributed by atoms with E-state index < -0.39 is 5.92 Å². The minimum absolute atomic E-state index is 0.0381. The second kappa shape index (κ2) is 7.43. The molecular formula is C17H17N5O3. The number of hydrogen-bond donors (Lipinski definition) is 3. The van der Waals surface area contributed by atoms with E-state index in [0.29, 0.717) is 23.7 Å². The average molecular weight is 339 g/mol. The molecule has 0 unspecified atom stereocenters. The van der Waals surface area contributed by atoms with Crippen LogP contribution in [0.25, 0.3) is 0 Å². The SMILES string of the molecule is COc1cc(C[C@@H](C(=O)Nc2ccccc2)c2nn[nH]n2)ccc1O. The fraction of sp³-hybridized carbons (Fsp3) is 0.176. The standard InChI is InChI=1S/C17H17N5O3/c1-25-15-10-11(7-8-14(15)23)9-13(16-19-21-22-20-16)17(24)18-12-5-3-2-4-6-12/h2-8,10,13,23H,9H2,1H3,(H,18,24)(H,19,20,21,22)/t13-/m1/s1. The summed E-state index contributed by atoms with van der Waals surface area (Å²) in [5.74, 6) is -0.225. The Balaban J connectivity index is 1.84. The van der Waals surface area contributed by atoms with Crippen molar-refractivity contribution in [2.45, 2.75) is 12.3 Å². The van der Waals surface area contributed by atoms with E-state index in [4.69, 9.17) is 4.74 Å². The highest BCUT2D eigenvalue weighted by Crippen LogP contribution is 2.29. The Hall–Kier alpha value is -3.42. The molecular weight excluding hydrogens is 322 g/mol. The number of benzene rings is 2. The van der Waals surface area contributed by atoms with Crippen molar-refractivity contribution in [2.24, 2.45) is 0 Å². The van der Waals surface area contributed by atoms with Crippen molar-refractivity contribution in [1.82, 2.24) is 20.6 Å². The number of hydrogen-bond acceptors (Lipinski definition) is 6. The zero-order valence-corrected chi connectivity index (χ0v) is 13.5. The highest BCUT2D eigenvalue weighted by atomic mass is 16.5. The van der Waals surface area contributed by atoms with E-state index in [1.54, 1.807) is 24.3 Å². The number of para-hydroxylation sites is 1. The number of H-pyrrole nitrogens is 1. The van der Waals surface area contributed by atoms with Crippen molar-refractivity contribution in [3.8, 4) is 11.5 Å². The Morgan fingerprint density at radius 2 is 2.08 bits per heavy atom. The molecule has 1 amide bonds. The van der Waals surface area contributed by atoms with Crippen LogP contribution in [0.3, 0.4) is 0 Å². The van der Waals surface area contributed by atoms with Gasteiger partial charge in [-0.2, -0.15) is 5.21 Å². The van der Waals surface area contributed by atoms with Gasteiger partial charge in [-0.25, -0.2) is 0 Å². The van der Waals surface area contributed by atoms with Crippen LogP contribution in [0, 0.1) is 0 Å². The lowest BCUT2D eigenvalue weighted by Gasteiger charge is -2.14. The lowest BCUT2D eigenvalue weighted by molar-refractivity contribution is -0.117. The van der Waals surface area contributed by atoms with Crippen LogP contribution in [0.4, 0.5) is 5.69 Å². The summed E-state index contributed by atoms with van der Waals surface area (Å²) in [5.41, 5.74) is 1.48. The van der Waals surface area contributed by atoms with Gasteiger partial charge in [-0.1, -0.05) is 29.5 Å². The molecule has 3 N–H and O–H groups in total. The molecule has 128 valence electrons. The first-order valence-electron chi connectivity index (χ1n) is 7.62. The molecule has 25 heavy (non-hydrogen) atoms. The molecule has 2 aromatic carbocycles. The molecule has 0 saturated carbocycles. The number of rotatable bonds is 6. The number of amides is 1. The summed E-state index contributed by atoms with van der Waals surface area (Å²) in [5, 5.41) is 26.4.